The number of hydrogen-bond donors (Lipinski definition) is 3. The van der Waals surface area contributed by atoms with E-state index in [1.54, 1.807) is 0 Å². The van der Waals surface area contributed by atoms with Crippen molar-refractivity contribution in [2.45, 2.75) is 450 Å². The van der Waals surface area contributed by atoms with Crippen LogP contribution in [-0.2, 0) is 14.3 Å². The highest BCUT2D eigenvalue weighted by molar-refractivity contribution is 5.76. The minimum absolute atomic E-state index is 0.0111. The van der Waals surface area contributed by atoms with Gasteiger partial charge in [0, 0.05) is 12.8 Å². The first-order valence-electron chi connectivity index (χ1n) is 38.6. The molecule has 0 aliphatic carbocycles. The molecule has 498 valence electrons. The minimum atomic E-state index is -0.664. The second-order valence-corrected chi connectivity index (χ2v) is 26.7. The van der Waals surface area contributed by atoms with Gasteiger partial charge in [0.1, 0.15) is 0 Å². The number of carbonyl (C=O) groups is 2. The third-order valence-corrected chi connectivity index (χ3v) is 18.3. The fourth-order valence-corrected chi connectivity index (χ4v) is 12.4. The molecule has 6 heteroatoms. The molecule has 0 aliphatic heterocycles. The number of esters is 1. The van der Waals surface area contributed by atoms with Gasteiger partial charge in [-0.05, 0) is 57.8 Å². The molecule has 2 unspecified atom stereocenters. The molecule has 0 bridgehead atoms. The van der Waals surface area contributed by atoms with Crippen molar-refractivity contribution in [2.75, 3.05) is 13.2 Å². The Morgan fingerprint density at radius 1 is 0.333 bits per heavy atom. The average Bonchev–Trinajstić information content (AvgIpc) is 3.51. The number of unbranched alkanes of at least 4 members (excludes halogenated alkanes) is 58. The molecule has 0 heterocycles. The Labute approximate surface area is 526 Å². The summed E-state index contributed by atoms with van der Waals surface area (Å²) in [6.45, 7) is 4.98. The van der Waals surface area contributed by atoms with Crippen LogP contribution in [0.25, 0.3) is 0 Å². The molecule has 0 aromatic carbocycles. The van der Waals surface area contributed by atoms with Crippen LogP contribution in [0, 0.1) is 0 Å². The van der Waals surface area contributed by atoms with Gasteiger partial charge < -0.3 is 20.3 Å². The molecule has 3 N–H and O–H groups in total. The van der Waals surface area contributed by atoms with Crippen molar-refractivity contribution >= 4 is 11.9 Å². The van der Waals surface area contributed by atoms with E-state index in [0.717, 1.165) is 51.4 Å². The number of hydrogen-bond acceptors (Lipinski definition) is 5. The molecular weight excluding hydrogens is 1030 g/mol. The fourth-order valence-electron chi connectivity index (χ4n) is 12.4. The molecule has 0 saturated heterocycles. The van der Waals surface area contributed by atoms with E-state index >= 15 is 0 Å². The summed E-state index contributed by atoms with van der Waals surface area (Å²) in [5.41, 5.74) is 0. The highest BCUT2D eigenvalue weighted by atomic mass is 16.5. The van der Waals surface area contributed by atoms with Gasteiger partial charge in [0.2, 0.25) is 5.91 Å². The summed E-state index contributed by atoms with van der Waals surface area (Å²) >= 11 is 0. The van der Waals surface area contributed by atoms with Gasteiger partial charge in [-0.25, -0.2) is 0 Å². The average molecular weight is 1180 g/mol. The van der Waals surface area contributed by atoms with Crippen LogP contribution in [0.5, 0.6) is 0 Å². The van der Waals surface area contributed by atoms with E-state index in [2.05, 4.69) is 43.5 Å². The van der Waals surface area contributed by atoms with Crippen molar-refractivity contribution in [2.24, 2.45) is 0 Å². The van der Waals surface area contributed by atoms with Crippen LogP contribution in [0.2, 0.25) is 0 Å². The van der Waals surface area contributed by atoms with Gasteiger partial charge in [-0.2, -0.15) is 0 Å². The number of aliphatic hydroxyl groups excluding tert-OH is 2. The standard InChI is InChI=1S/C78H151NO5/c1-3-5-7-9-11-13-15-17-19-21-23-24-29-32-35-38-42-46-50-54-58-62-66-70-76(81)75(74-80)79-77(82)71-67-63-59-55-51-47-43-39-36-33-30-27-25-26-28-31-34-37-41-45-49-53-57-61-65-69-73-84-78(83)72-68-64-60-56-52-48-44-40-22-20-18-16-14-12-10-8-6-4-2/h14,16,20,22,75-76,80-81H,3-13,15,17-19,21,23-74H2,1-2H3,(H,79,82)/b16-14-,22-20-. The number of allylic oxidation sites excluding steroid dienone is 4. The summed E-state index contributed by atoms with van der Waals surface area (Å²) < 4.78 is 5.51. The Bertz CT molecular complexity index is 1320. The van der Waals surface area contributed by atoms with E-state index < -0.39 is 12.1 Å². The van der Waals surface area contributed by atoms with E-state index in [1.807, 2.05) is 0 Å². The summed E-state index contributed by atoms with van der Waals surface area (Å²) in [5.74, 6) is -0.0163. The number of carbonyl (C=O) groups excluding carboxylic acids is 2. The maximum absolute atomic E-state index is 12.6. The third kappa shape index (κ3) is 69.4. The lowest BCUT2D eigenvalue weighted by atomic mass is 10.0. The Kier molecular flexibility index (Phi) is 72.3. The number of amides is 1. The van der Waals surface area contributed by atoms with E-state index in [1.165, 1.54) is 353 Å². The third-order valence-electron chi connectivity index (χ3n) is 18.3. The lowest BCUT2D eigenvalue weighted by Crippen LogP contribution is -2.45. The number of ether oxygens (including phenoxy) is 1. The Balaban J connectivity index is 3.35. The first-order valence-corrected chi connectivity index (χ1v) is 38.6. The predicted octanol–water partition coefficient (Wildman–Crippen LogP) is 25.3. The summed E-state index contributed by atoms with van der Waals surface area (Å²) in [4.78, 5) is 24.7. The van der Waals surface area contributed by atoms with Gasteiger partial charge >= 0.3 is 5.97 Å². The van der Waals surface area contributed by atoms with Crippen molar-refractivity contribution in [3.05, 3.63) is 24.3 Å². The smallest absolute Gasteiger partial charge is 0.305 e. The van der Waals surface area contributed by atoms with Gasteiger partial charge in [0.05, 0.1) is 25.4 Å². The zero-order chi connectivity index (χ0) is 60.6. The maximum atomic E-state index is 12.6. The normalized spacial score (nSPS) is 12.6. The second-order valence-electron chi connectivity index (χ2n) is 26.7. The van der Waals surface area contributed by atoms with Gasteiger partial charge in [-0.1, -0.05) is 391 Å². The minimum Gasteiger partial charge on any atom is -0.466 e. The van der Waals surface area contributed by atoms with Crippen molar-refractivity contribution in [1.82, 2.24) is 5.32 Å². The Hall–Kier alpha value is -1.66. The molecule has 1 amide bonds. The first kappa shape index (κ1) is 82.3. The van der Waals surface area contributed by atoms with Gasteiger partial charge in [0.25, 0.3) is 0 Å². The van der Waals surface area contributed by atoms with E-state index in [4.69, 9.17) is 4.74 Å². The number of aliphatic hydroxyl groups is 2. The number of rotatable bonds is 73. The van der Waals surface area contributed by atoms with E-state index in [9.17, 15) is 19.8 Å². The fraction of sp³-hybridized carbons (Fsp3) is 0.923. The summed E-state index contributed by atoms with van der Waals surface area (Å²) in [5, 5.41) is 23.5. The van der Waals surface area contributed by atoms with Crippen LogP contribution >= 0.6 is 0 Å². The summed E-state index contributed by atoms with van der Waals surface area (Å²) in [6, 6.07) is -0.541. The molecule has 84 heavy (non-hydrogen) atoms. The van der Waals surface area contributed by atoms with E-state index in [0.29, 0.717) is 25.9 Å². The maximum Gasteiger partial charge on any atom is 0.305 e. The van der Waals surface area contributed by atoms with Gasteiger partial charge in [-0.3, -0.25) is 9.59 Å². The van der Waals surface area contributed by atoms with Crippen LogP contribution in [0.15, 0.2) is 24.3 Å². The zero-order valence-corrected chi connectivity index (χ0v) is 57.2. The SMILES string of the molecule is CCCCCC/C=C\C/C=C\CCCCCCCCCC(=O)OCCCCCCCCCCCCCCCCCCCCCCCCCCCCC(=O)NC(CO)C(O)CCCCCCCCCCCCCCCCCCCCCCCCC. The molecule has 0 rings (SSSR count). The molecule has 0 saturated carbocycles. The molecule has 2 atom stereocenters. The zero-order valence-electron chi connectivity index (χ0n) is 57.2. The Morgan fingerprint density at radius 2 is 0.595 bits per heavy atom. The van der Waals surface area contributed by atoms with Crippen LogP contribution in [0.1, 0.15) is 438 Å². The van der Waals surface area contributed by atoms with E-state index in [-0.39, 0.29) is 18.5 Å². The first-order chi connectivity index (χ1) is 41.5. The van der Waals surface area contributed by atoms with Crippen LogP contribution in [0.4, 0.5) is 0 Å². The van der Waals surface area contributed by atoms with Crippen molar-refractivity contribution < 1.29 is 24.5 Å². The van der Waals surface area contributed by atoms with Gasteiger partial charge in [-0.15, -0.1) is 0 Å². The second kappa shape index (κ2) is 73.8. The van der Waals surface area contributed by atoms with Crippen molar-refractivity contribution in [3.63, 3.8) is 0 Å². The summed E-state index contributed by atoms with van der Waals surface area (Å²) in [7, 11) is 0. The molecule has 0 spiro atoms. The summed E-state index contributed by atoms with van der Waals surface area (Å²) in [6.07, 6.45) is 93.9. The molecule has 6 nitrogen and oxygen atoms in total. The predicted molar refractivity (Wildman–Crippen MR) is 370 cm³/mol. The molecule has 0 aromatic rings. The Morgan fingerprint density at radius 3 is 0.917 bits per heavy atom. The largest absolute Gasteiger partial charge is 0.466 e. The van der Waals surface area contributed by atoms with Gasteiger partial charge in [0.15, 0.2) is 0 Å². The number of nitrogens with one attached hydrogen (secondary N) is 1. The molecule has 0 aliphatic rings. The van der Waals surface area contributed by atoms with Crippen molar-refractivity contribution in [1.29, 1.82) is 0 Å². The topological polar surface area (TPSA) is 95.9 Å². The monoisotopic (exact) mass is 1180 g/mol. The molecule has 0 aromatic heterocycles. The molecular formula is C78H151NO5. The highest BCUT2D eigenvalue weighted by Gasteiger charge is 2.20. The van der Waals surface area contributed by atoms with Crippen LogP contribution in [-0.4, -0.2) is 47.4 Å². The highest BCUT2D eigenvalue weighted by Crippen LogP contribution is 2.20. The quantitative estimate of drug-likeness (QED) is 0.0320. The lowest BCUT2D eigenvalue weighted by Gasteiger charge is -2.22. The van der Waals surface area contributed by atoms with Crippen LogP contribution < -0.4 is 5.32 Å². The molecule has 0 radical (unpaired) electrons. The molecule has 0 fully saturated rings. The lowest BCUT2D eigenvalue weighted by molar-refractivity contribution is -0.143. The van der Waals surface area contributed by atoms with Crippen molar-refractivity contribution in [3.8, 4) is 0 Å². The van der Waals surface area contributed by atoms with Crippen LogP contribution in [0.3, 0.4) is 0 Å².